The first-order valence-electron chi connectivity index (χ1n) is 5.36. The molecule has 0 amide bonds. The number of rotatable bonds is 2. The molecule has 1 nitrogen and oxygen atoms in total. The second-order valence-corrected chi connectivity index (χ2v) is 4.63. The van der Waals surface area contributed by atoms with Gasteiger partial charge in [0.1, 0.15) is 0 Å². The number of piperidine rings is 1. The molecule has 2 aliphatic rings. The molecule has 0 radical (unpaired) electrons. The zero-order valence-corrected chi connectivity index (χ0v) is 8.11. The highest BCUT2D eigenvalue weighted by Crippen LogP contribution is 2.35. The summed E-state index contributed by atoms with van der Waals surface area (Å²) in [6, 6.07) is 1.01. The first-order chi connectivity index (χ1) is 6.53. The number of hydrogen-bond donors (Lipinski definition) is 1. The molecule has 14 heavy (non-hydrogen) atoms. The van der Waals surface area contributed by atoms with Crippen molar-refractivity contribution in [3.63, 3.8) is 0 Å². The summed E-state index contributed by atoms with van der Waals surface area (Å²) >= 11 is 0. The molecule has 0 aliphatic carbocycles. The van der Waals surface area contributed by atoms with Gasteiger partial charge in [0.05, 0.1) is 0 Å². The van der Waals surface area contributed by atoms with Crippen molar-refractivity contribution in [1.29, 1.82) is 0 Å². The topological polar surface area (TPSA) is 12.0 Å². The van der Waals surface area contributed by atoms with Gasteiger partial charge in [0, 0.05) is 18.5 Å². The van der Waals surface area contributed by atoms with Crippen molar-refractivity contribution < 1.29 is 13.2 Å². The van der Waals surface area contributed by atoms with Crippen LogP contribution in [-0.2, 0) is 0 Å². The minimum Gasteiger partial charge on any atom is -0.311 e. The summed E-state index contributed by atoms with van der Waals surface area (Å²) < 4.78 is 36.0. The lowest BCUT2D eigenvalue weighted by atomic mass is 9.88. The highest BCUT2D eigenvalue weighted by molar-refractivity contribution is 4.91. The quantitative estimate of drug-likeness (QED) is 0.734. The molecule has 2 atom stereocenters. The van der Waals surface area contributed by atoms with Gasteiger partial charge in [-0.2, -0.15) is 13.2 Å². The normalized spacial score (nSPS) is 37.5. The summed E-state index contributed by atoms with van der Waals surface area (Å²) in [7, 11) is 0. The van der Waals surface area contributed by atoms with Gasteiger partial charge in [-0.15, -0.1) is 0 Å². The molecule has 2 aliphatic heterocycles. The molecule has 2 unspecified atom stereocenters. The number of alkyl halides is 3. The Hall–Kier alpha value is -0.250. The summed E-state index contributed by atoms with van der Waals surface area (Å²) in [5.41, 5.74) is 0. The van der Waals surface area contributed by atoms with Gasteiger partial charge in [-0.05, 0) is 38.0 Å². The molecule has 4 heteroatoms. The van der Waals surface area contributed by atoms with Crippen molar-refractivity contribution in [2.24, 2.45) is 5.92 Å². The fourth-order valence-electron chi connectivity index (χ4n) is 2.78. The number of fused-ring (bicyclic) bond motifs is 2. The first-order valence-corrected chi connectivity index (χ1v) is 5.36. The predicted octanol–water partition coefficient (Wildman–Crippen LogP) is 2.86. The lowest BCUT2D eigenvalue weighted by molar-refractivity contribution is -0.138. The molecule has 2 rings (SSSR count). The Labute approximate surface area is 82.1 Å². The molecule has 2 saturated heterocycles. The molecule has 2 fully saturated rings. The average Bonchev–Trinajstić information content (AvgIpc) is 2.41. The van der Waals surface area contributed by atoms with Crippen molar-refractivity contribution in [2.75, 3.05) is 0 Å². The molecule has 1 N–H and O–H groups in total. The van der Waals surface area contributed by atoms with Crippen LogP contribution in [0.1, 0.15) is 38.5 Å². The lowest BCUT2D eigenvalue weighted by Crippen LogP contribution is -2.38. The van der Waals surface area contributed by atoms with Crippen LogP contribution < -0.4 is 5.32 Å². The molecule has 0 aromatic heterocycles. The van der Waals surface area contributed by atoms with Gasteiger partial charge in [-0.1, -0.05) is 0 Å². The maximum Gasteiger partial charge on any atom is 0.389 e. The van der Waals surface area contributed by atoms with E-state index in [1.54, 1.807) is 0 Å². The molecule has 2 heterocycles. The Morgan fingerprint density at radius 1 is 1.07 bits per heavy atom. The van der Waals surface area contributed by atoms with Crippen LogP contribution in [0.25, 0.3) is 0 Å². The van der Waals surface area contributed by atoms with Crippen LogP contribution in [0.3, 0.4) is 0 Å². The van der Waals surface area contributed by atoms with Gasteiger partial charge in [0.2, 0.25) is 0 Å². The largest absolute Gasteiger partial charge is 0.389 e. The van der Waals surface area contributed by atoms with Gasteiger partial charge in [-0.25, -0.2) is 0 Å². The summed E-state index contributed by atoms with van der Waals surface area (Å²) in [5.74, 6) is 0.301. The highest BCUT2D eigenvalue weighted by Gasteiger charge is 2.35. The Bertz CT molecular complexity index is 190. The van der Waals surface area contributed by atoms with Crippen molar-refractivity contribution in [2.45, 2.75) is 56.8 Å². The molecular formula is C10H16F3N. The van der Waals surface area contributed by atoms with Crippen LogP contribution in [0.4, 0.5) is 13.2 Å². The number of halogens is 3. The number of nitrogens with one attached hydrogen (secondary N) is 1. The molecule has 0 aromatic carbocycles. The SMILES string of the molecule is FC(F)(F)CCC1CC2CCC(C1)N2. The fourth-order valence-corrected chi connectivity index (χ4v) is 2.78. The Kier molecular flexibility index (Phi) is 2.73. The molecule has 0 aromatic rings. The molecular weight excluding hydrogens is 191 g/mol. The minimum absolute atomic E-state index is 0.301. The van der Waals surface area contributed by atoms with Gasteiger partial charge in [0.25, 0.3) is 0 Å². The zero-order chi connectivity index (χ0) is 10.2. The maximum atomic E-state index is 12.0. The average molecular weight is 207 g/mol. The summed E-state index contributed by atoms with van der Waals surface area (Å²) in [5, 5.41) is 3.44. The Balaban J connectivity index is 1.77. The van der Waals surface area contributed by atoms with Gasteiger partial charge in [0.15, 0.2) is 0 Å². The van der Waals surface area contributed by atoms with E-state index >= 15 is 0 Å². The van der Waals surface area contributed by atoms with Crippen LogP contribution in [0, 0.1) is 5.92 Å². The molecule has 0 spiro atoms. The zero-order valence-electron chi connectivity index (χ0n) is 8.11. The Morgan fingerprint density at radius 2 is 1.64 bits per heavy atom. The highest BCUT2D eigenvalue weighted by atomic mass is 19.4. The second-order valence-electron chi connectivity index (χ2n) is 4.63. The predicted molar refractivity (Wildman–Crippen MR) is 48.0 cm³/mol. The smallest absolute Gasteiger partial charge is 0.311 e. The van der Waals surface area contributed by atoms with E-state index in [9.17, 15) is 13.2 Å². The van der Waals surface area contributed by atoms with Crippen molar-refractivity contribution in [1.82, 2.24) is 5.32 Å². The van der Waals surface area contributed by atoms with E-state index in [1.165, 1.54) is 0 Å². The van der Waals surface area contributed by atoms with E-state index < -0.39 is 12.6 Å². The van der Waals surface area contributed by atoms with E-state index in [0.29, 0.717) is 24.4 Å². The third-order valence-electron chi connectivity index (χ3n) is 3.41. The first kappa shape index (κ1) is 10.3. The number of hydrogen-bond acceptors (Lipinski definition) is 1. The summed E-state index contributed by atoms with van der Waals surface area (Å²) in [6.07, 6.45) is -0.0151. The molecule has 82 valence electrons. The van der Waals surface area contributed by atoms with E-state index in [1.807, 2.05) is 0 Å². The molecule has 2 bridgehead atoms. The van der Waals surface area contributed by atoms with E-state index in [0.717, 1.165) is 25.7 Å². The second kappa shape index (κ2) is 3.72. The minimum atomic E-state index is -3.97. The third kappa shape index (κ3) is 2.62. The Morgan fingerprint density at radius 3 is 2.14 bits per heavy atom. The van der Waals surface area contributed by atoms with E-state index in [-0.39, 0.29) is 0 Å². The van der Waals surface area contributed by atoms with Crippen LogP contribution in [0.5, 0.6) is 0 Å². The van der Waals surface area contributed by atoms with Crippen LogP contribution in [0.15, 0.2) is 0 Å². The fraction of sp³-hybridized carbons (Fsp3) is 1.00. The third-order valence-corrected chi connectivity index (χ3v) is 3.41. The standard InChI is InChI=1S/C10H16F3N/c11-10(12,13)4-3-7-5-8-1-2-9(6-7)14-8/h7-9,14H,1-6H2. The van der Waals surface area contributed by atoms with Crippen molar-refractivity contribution >= 4 is 0 Å². The van der Waals surface area contributed by atoms with E-state index in [2.05, 4.69) is 5.32 Å². The van der Waals surface area contributed by atoms with Crippen LogP contribution in [0.2, 0.25) is 0 Å². The monoisotopic (exact) mass is 207 g/mol. The molecule has 0 saturated carbocycles. The van der Waals surface area contributed by atoms with Gasteiger partial charge in [-0.3, -0.25) is 0 Å². The summed E-state index contributed by atoms with van der Waals surface area (Å²) in [4.78, 5) is 0. The summed E-state index contributed by atoms with van der Waals surface area (Å²) in [6.45, 7) is 0. The van der Waals surface area contributed by atoms with Crippen LogP contribution >= 0.6 is 0 Å². The maximum absolute atomic E-state index is 12.0. The van der Waals surface area contributed by atoms with E-state index in [4.69, 9.17) is 0 Å². The van der Waals surface area contributed by atoms with Gasteiger partial charge >= 0.3 is 6.18 Å². The lowest BCUT2D eigenvalue weighted by Gasteiger charge is -2.29. The van der Waals surface area contributed by atoms with Gasteiger partial charge < -0.3 is 5.32 Å². The van der Waals surface area contributed by atoms with Crippen molar-refractivity contribution in [3.8, 4) is 0 Å². The van der Waals surface area contributed by atoms with Crippen LogP contribution in [-0.4, -0.2) is 18.3 Å². The van der Waals surface area contributed by atoms with Crippen molar-refractivity contribution in [3.05, 3.63) is 0 Å².